The number of hydrogen-bond donors (Lipinski definition) is 0. The summed E-state index contributed by atoms with van der Waals surface area (Å²) in [7, 11) is 2.85. The summed E-state index contributed by atoms with van der Waals surface area (Å²) >= 11 is 0. The molecule has 0 fully saturated rings. The summed E-state index contributed by atoms with van der Waals surface area (Å²) in [6.07, 6.45) is 4.65. The first-order valence-corrected chi connectivity index (χ1v) is 15.0. The Labute approximate surface area is 206 Å². The summed E-state index contributed by atoms with van der Waals surface area (Å²) in [5, 5.41) is 2.97. The summed E-state index contributed by atoms with van der Waals surface area (Å²) in [5.41, 5.74) is 2.77. The summed E-state index contributed by atoms with van der Waals surface area (Å²) in [5.74, 6) is 1.83. The van der Waals surface area contributed by atoms with E-state index < -0.39 is 0 Å². The van der Waals surface area contributed by atoms with E-state index in [1.54, 1.807) is 14.2 Å². The SMILES string of the molecule is COc1ccc(CP(CCP(Cc2ccc(OC)cc2)c2ccccc2)c2ccccc2)cc1. The Hall–Kier alpha value is -2.66. The van der Waals surface area contributed by atoms with Gasteiger partial charge in [-0.15, -0.1) is 0 Å². The lowest BCUT2D eigenvalue weighted by molar-refractivity contribution is 0.414. The molecule has 0 saturated heterocycles. The van der Waals surface area contributed by atoms with Gasteiger partial charge in [0.2, 0.25) is 0 Å². The van der Waals surface area contributed by atoms with Gasteiger partial charge in [0.1, 0.15) is 11.5 Å². The highest BCUT2D eigenvalue weighted by atomic mass is 31.1. The molecule has 0 bridgehead atoms. The van der Waals surface area contributed by atoms with E-state index in [1.807, 2.05) is 0 Å². The molecular formula is C30H32O2P2. The summed E-state index contributed by atoms with van der Waals surface area (Å²) < 4.78 is 10.7. The van der Waals surface area contributed by atoms with Crippen molar-refractivity contribution in [2.24, 2.45) is 0 Å². The molecule has 34 heavy (non-hydrogen) atoms. The molecule has 0 aromatic heterocycles. The van der Waals surface area contributed by atoms with Gasteiger partial charge < -0.3 is 9.47 Å². The van der Waals surface area contributed by atoms with Gasteiger partial charge in [-0.05, 0) is 70.6 Å². The predicted octanol–water partition coefficient (Wildman–Crippen LogP) is 7.02. The van der Waals surface area contributed by atoms with Gasteiger partial charge >= 0.3 is 0 Å². The number of hydrogen-bond acceptors (Lipinski definition) is 2. The maximum atomic E-state index is 5.36. The Morgan fingerprint density at radius 3 is 1.15 bits per heavy atom. The molecule has 0 aliphatic heterocycles. The first-order valence-electron chi connectivity index (χ1n) is 11.6. The van der Waals surface area contributed by atoms with Crippen LogP contribution >= 0.6 is 15.8 Å². The highest BCUT2D eigenvalue weighted by molar-refractivity contribution is 7.68. The first kappa shape index (κ1) is 24.5. The van der Waals surface area contributed by atoms with E-state index >= 15 is 0 Å². The largest absolute Gasteiger partial charge is 0.497 e. The van der Waals surface area contributed by atoms with E-state index in [1.165, 1.54) is 34.1 Å². The van der Waals surface area contributed by atoms with E-state index in [2.05, 4.69) is 109 Å². The van der Waals surface area contributed by atoms with E-state index in [9.17, 15) is 0 Å². The molecule has 4 aromatic rings. The van der Waals surface area contributed by atoms with Crippen LogP contribution in [0.15, 0.2) is 109 Å². The van der Waals surface area contributed by atoms with Gasteiger partial charge in [0.25, 0.3) is 0 Å². The molecule has 0 spiro atoms. The number of benzene rings is 4. The fourth-order valence-electron chi connectivity index (χ4n) is 4.02. The van der Waals surface area contributed by atoms with E-state index in [0.717, 1.165) is 23.8 Å². The average Bonchev–Trinajstić information content (AvgIpc) is 2.92. The third kappa shape index (κ3) is 6.92. The first-order chi connectivity index (χ1) is 16.7. The van der Waals surface area contributed by atoms with Crippen LogP contribution in [0.3, 0.4) is 0 Å². The summed E-state index contributed by atoms with van der Waals surface area (Å²) in [6, 6.07) is 39.4. The molecule has 0 aliphatic carbocycles. The second-order valence-electron chi connectivity index (χ2n) is 8.21. The van der Waals surface area contributed by atoms with Gasteiger partial charge in [-0.1, -0.05) is 101 Å². The van der Waals surface area contributed by atoms with Gasteiger partial charge in [-0.25, -0.2) is 0 Å². The lowest BCUT2D eigenvalue weighted by atomic mass is 10.2. The van der Waals surface area contributed by atoms with Crippen LogP contribution in [0.5, 0.6) is 11.5 Å². The van der Waals surface area contributed by atoms with Crippen molar-refractivity contribution in [3.8, 4) is 11.5 Å². The average molecular weight is 487 g/mol. The Morgan fingerprint density at radius 2 is 0.824 bits per heavy atom. The minimum atomic E-state index is -0.296. The van der Waals surface area contributed by atoms with Crippen LogP contribution in [0.1, 0.15) is 11.1 Å². The van der Waals surface area contributed by atoms with E-state index in [4.69, 9.17) is 9.47 Å². The van der Waals surface area contributed by atoms with Crippen LogP contribution in [0.2, 0.25) is 0 Å². The Bertz CT molecular complexity index is 1020. The maximum Gasteiger partial charge on any atom is 0.118 e. The fourth-order valence-corrected chi connectivity index (χ4v) is 9.64. The van der Waals surface area contributed by atoms with E-state index in [0.29, 0.717) is 0 Å². The van der Waals surface area contributed by atoms with Crippen LogP contribution in [-0.4, -0.2) is 26.5 Å². The molecule has 2 unspecified atom stereocenters. The third-order valence-electron chi connectivity index (χ3n) is 5.95. The smallest absolute Gasteiger partial charge is 0.118 e. The van der Waals surface area contributed by atoms with Gasteiger partial charge in [0.15, 0.2) is 0 Å². The summed E-state index contributed by atoms with van der Waals surface area (Å²) in [4.78, 5) is 0. The van der Waals surface area contributed by atoms with Crippen molar-refractivity contribution < 1.29 is 9.47 Å². The van der Waals surface area contributed by atoms with Crippen LogP contribution in [-0.2, 0) is 12.3 Å². The van der Waals surface area contributed by atoms with Crippen molar-refractivity contribution in [2.75, 3.05) is 26.5 Å². The van der Waals surface area contributed by atoms with Crippen molar-refractivity contribution in [3.63, 3.8) is 0 Å². The zero-order valence-electron chi connectivity index (χ0n) is 19.9. The molecule has 4 heteroatoms. The van der Waals surface area contributed by atoms with Gasteiger partial charge in [0, 0.05) is 0 Å². The van der Waals surface area contributed by atoms with E-state index in [-0.39, 0.29) is 15.8 Å². The molecule has 0 heterocycles. The molecule has 0 radical (unpaired) electrons. The molecule has 0 N–H and O–H groups in total. The molecule has 2 atom stereocenters. The van der Waals surface area contributed by atoms with Crippen molar-refractivity contribution in [3.05, 3.63) is 120 Å². The minimum Gasteiger partial charge on any atom is -0.497 e. The monoisotopic (exact) mass is 486 g/mol. The van der Waals surface area contributed by atoms with Crippen LogP contribution in [0.4, 0.5) is 0 Å². The number of rotatable bonds is 11. The second-order valence-corrected chi connectivity index (χ2v) is 12.9. The van der Waals surface area contributed by atoms with Crippen LogP contribution in [0.25, 0.3) is 0 Å². The zero-order chi connectivity index (χ0) is 23.6. The summed E-state index contributed by atoms with van der Waals surface area (Å²) in [6.45, 7) is 0. The second kappa shape index (κ2) is 12.7. The van der Waals surface area contributed by atoms with Gasteiger partial charge in [-0.2, -0.15) is 0 Å². The lowest BCUT2D eigenvalue weighted by Crippen LogP contribution is -2.11. The van der Waals surface area contributed by atoms with Crippen molar-refractivity contribution >= 4 is 26.5 Å². The molecule has 2 nitrogen and oxygen atoms in total. The molecule has 0 saturated carbocycles. The Morgan fingerprint density at radius 1 is 0.471 bits per heavy atom. The third-order valence-corrected chi connectivity index (χ3v) is 11.4. The van der Waals surface area contributed by atoms with Gasteiger partial charge in [0.05, 0.1) is 14.2 Å². The normalized spacial score (nSPS) is 12.6. The molecule has 174 valence electrons. The Balaban J connectivity index is 1.53. The minimum absolute atomic E-state index is 0.296. The lowest BCUT2D eigenvalue weighted by Gasteiger charge is -2.24. The van der Waals surface area contributed by atoms with Crippen molar-refractivity contribution in [1.82, 2.24) is 0 Å². The number of ether oxygens (including phenoxy) is 2. The highest BCUT2D eigenvalue weighted by Crippen LogP contribution is 2.46. The molecular weight excluding hydrogens is 454 g/mol. The molecule has 4 aromatic carbocycles. The van der Waals surface area contributed by atoms with Crippen LogP contribution < -0.4 is 20.1 Å². The van der Waals surface area contributed by atoms with Gasteiger partial charge in [-0.3, -0.25) is 0 Å². The topological polar surface area (TPSA) is 18.5 Å². The molecule has 0 amide bonds. The fraction of sp³-hybridized carbons (Fsp3) is 0.200. The molecule has 0 aliphatic rings. The zero-order valence-corrected chi connectivity index (χ0v) is 21.7. The van der Waals surface area contributed by atoms with Crippen LogP contribution in [0, 0.1) is 0 Å². The van der Waals surface area contributed by atoms with Crippen molar-refractivity contribution in [2.45, 2.75) is 12.3 Å². The standard InChI is InChI=1S/C30H32O2P2/c1-31-27-17-13-25(14-18-27)23-33(29-9-5-3-6-10-29)21-22-34(30-11-7-4-8-12-30)24-26-15-19-28(32-2)20-16-26/h3-20H,21-24H2,1-2H3. The maximum absolute atomic E-state index is 5.36. The Kier molecular flexibility index (Phi) is 9.14. The molecule has 4 rings (SSSR count). The van der Waals surface area contributed by atoms with Crippen molar-refractivity contribution in [1.29, 1.82) is 0 Å². The quantitative estimate of drug-likeness (QED) is 0.212. The predicted molar refractivity (Wildman–Crippen MR) is 149 cm³/mol. The number of methoxy groups -OCH3 is 2. The highest BCUT2D eigenvalue weighted by Gasteiger charge is 2.17.